The maximum Gasteiger partial charge on any atom is 0.276 e. The Bertz CT molecular complexity index is 1200. The van der Waals surface area contributed by atoms with E-state index in [1.807, 2.05) is 20.8 Å². The number of anilines is 1. The first kappa shape index (κ1) is 24.7. The average Bonchev–Trinajstić information content (AvgIpc) is 3.43. The van der Waals surface area contributed by atoms with Crippen molar-refractivity contribution in [2.24, 2.45) is 5.92 Å². The van der Waals surface area contributed by atoms with E-state index in [4.69, 9.17) is 16.3 Å². The molecule has 0 fully saturated rings. The van der Waals surface area contributed by atoms with Crippen LogP contribution in [-0.4, -0.2) is 42.8 Å². The minimum atomic E-state index is -0.558. The fourth-order valence-electron chi connectivity index (χ4n) is 2.82. The highest BCUT2D eigenvalue weighted by Gasteiger charge is 2.20. The first-order valence-electron chi connectivity index (χ1n) is 10.4. The zero-order chi connectivity index (χ0) is 24.8. The van der Waals surface area contributed by atoms with Crippen LogP contribution >= 0.6 is 11.6 Å². The van der Waals surface area contributed by atoms with Gasteiger partial charge in [-0.25, -0.2) is 4.68 Å². The van der Waals surface area contributed by atoms with Crippen molar-refractivity contribution >= 4 is 34.8 Å². The number of ether oxygens (including phenoxy) is 1. The number of aryl methyl sites for hydroxylation is 1. The van der Waals surface area contributed by atoms with Gasteiger partial charge in [0.05, 0.1) is 15.6 Å². The molecule has 34 heavy (non-hydrogen) atoms. The molecule has 3 aromatic rings. The van der Waals surface area contributed by atoms with E-state index in [2.05, 4.69) is 20.8 Å². The van der Waals surface area contributed by atoms with Crippen LogP contribution in [0.3, 0.4) is 0 Å². The van der Waals surface area contributed by atoms with Crippen molar-refractivity contribution in [2.75, 3.05) is 11.9 Å². The van der Waals surface area contributed by atoms with Gasteiger partial charge in [-0.1, -0.05) is 25.4 Å². The molecule has 0 saturated heterocycles. The number of halogens is 1. The first-order chi connectivity index (χ1) is 16.2. The molecular formula is C21H24ClN7O5. The number of rotatable bonds is 10. The van der Waals surface area contributed by atoms with Crippen LogP contribution < -0.4 is 15.4 Å². The van der Waals surface area contributed by atoms with Crippen LogP contribution in [0.1, 0.15) is 41.7 Å². The fourth-order valence-corrected chi connectivity index (χ4v) is 3.05. The monoisotopic (exact) mass is 489 g/mol. The molecule has 0 saturated carbocycles. The smallest absolute Gasteiger partial charge is 0.276 e. The standard InChI is InChI=1S/C21H24ClN7O5/c1-4-27-11-17(19(26-27)21(31)23-10-13(2)3)24-20(30)16-7-8-28(25-16)12-34-18-6-5-14(29(32)33)9-15(18)22/h5-9,11,13H,4,10,12H2,1-3H3,(H,23,31)(H,24,30). The molecule has 180 valence electrons. The van der Waals surface area contributed by atoms with Gasteiger partial charge in [0.1, 0.15) is 5.75 Å². The number of carbonyl (C=O) groups excluding carboxylic acids is 2. The topological polar surface area (TPSA) is 146 Å². The Balaban J connectivity index is 1.66. The van der Waals surface area contributed by atoms with Gasteiger partial charge in [-0.2, -0.15) is 10.2 Å². The van der Waals surface area contributed by atoms with Gasteiger partial charge in [0, 0.05) is 37.6 Å². The second kappa shape index (κ2) is 10.8. The Hall–Kier alpha value is -3.93. The van der Waals surface area contributed by atoms with E-state index in [0.717, 1.165) is 0 Å². The number of aromatic nitrogens is 4. The van der Waals surface area contributed by atoms with Crippen LogP contribution in [0.25, 0.3) is 0 Å². The summed E-state index contributed by atoms with van der Waals surface area (Å²) in [5.74, 6) is -0.407. The zero-order valence-electron chi connectivity index (χ0n) is 18.8. The van der Waals surface area contributed by atoms with Crippen LogP contribution in [0, 0.1) is 16.0 Å². The number of nitro benzene ring substituents is 1. The third kappa shape index (κ3) is 6.10. The van der Waals surface area contributed by atoms with Crippen LogP contribution in [0.15, 0.2) is 36.7 Å². The maximum absolute atomic E-state index is 12.7. The summed E-state index contributed by atoms with van der Waals surface area (Å²) < 4.78 is 8.45. The first-order valence-corrected chi connectivity index (χ1v) is 10.8. The van der Waals surface area contributed by atoms with Crippen LogP contribution in [0.4, 0.5) is 11.4 Å². The quantitative estimate of drug-likeness (QED) is 0.328. The molecule has 3 rings (SSSR count). The molecule has 1 aromatic carbocycles. The molecule has 0 aliphatic carbocycles. The van der Waals surface area contributed by atoms with E-state index in [0.29, 0.717) is 13.1 Å². The van der Waals surface area contributed by atoms with Gasteiger partial charge in [0.25, 0.3) is 17.5 Å². The third-order valence-electron chi connectivity index (χ3n) is 4.57. The number of hydrogen-bond acceptors (Lipinski definition) is 7. The summed E-state index contributed by atoms with van der Waals surface area (Å²) in [6.45, 7) is 6.74. The molecule has 13 heteroatoms. The van der Waals surface area contributed by atoms with Crippen molar-refractivity contribution in [3.63, 3.8) is 0 Å². The summed E-state index contributed by atoms with van der Waals surface area (Å²) in [5, 5.41) is 24.7. The van der Waals surface area contributed by atoms with Gasteiger partial charge in [0.2, 0.25) is 0 Å². The van der Waals surface area contributed by atoms with Gasteiger partial charge in [-0.15, -0.1) is 0 Å². The molecular weight excluding hydrogens is 466 g/mol. The Morgan fingerprint density at radius 3 is 2.62 bits per heavy atom. The Morgan fingerprint density at radius 2 is 1.97 bits per heavy atom. The molecule has 0 aliphatic rings. The number of non-ortho nitro benzene ring substituents is 1. The lowest BCUT2D eigenvalue weighted by Crippen LogP contribution is -2.28. The summed E-state index contributed by atoms with van der Waals surface area (Å²) in [5.41, 5.74) is 0.332. The molecule has 2 aromatic heterocycles. The van der Waals surface area contributed by atoms with E-state index < -0.39 is 10.8 Å². The number of amides is 2. The lowest BCUT2D eigenvalue weighted by molar-refractivity contribution is -0.384. The van der Waals surface area contributed by atoms with Gasteiger partial charge < -0.3 is 15.4 Å². The Labute approximate surface area is 200 Å². The molecule has 0 radical (unpaired) electrons. The minimum Gasteiger partial charge on any atom is -0.470 e. The molecule has 2 amide bonds. The average molecular weight is 490 g/mol. The number of nitrogens with zero attached hydrogens (tertiary/aromatic N) is 5. The second-order valence-corrected chi connectivity index (χ2v) is 8.10. The molecule has 12 nitrogen and oxygen atoms in total. The summed E-state index contributed by atoms with van der Waals surface area (Å²) in [6, 6.07) is 5.33. The largest absolute Gasteiger partial charge is 0.470 e. The summed E-state index contributed by atoms with van der Waals surface area (Å²) in [4.78, 5) is 35.5. The van der Waals surface area contributed by atoms with Crippen molar-refractivity contribution in [3.8, 4) is 5.75 Å². The molecule has 2 N–H and O–H groups in total. The van der Waals surface area contributed by atoms with Crippen molar-refractivity contribution in [3.05, 3.63) is 63.2 Å². The van der Waals surface area contributed by atoms with E-state index >= 15 is 0 Å². The normalized spacial score (nSPS) is 10.9. The number of nitro groups is 1. The summed E-state index contributed by atoms with van der Waals surface area (Å²) >= 11 is 6.02. The van der Waals surface area contributed by atoms with E-state index in [1.54, 1.807) is 10.9 Å². The Morgan fingerprint density at radius 1 is 1.21 bits per heavy atom. The SMILES string of the molecule is CCn1cc(NC(=O)c2ccn(COc3ccc([N+](=O)[O-])cc3Cl)n2)c(C(=O)NCC(C)C)n1. The van der Waals surface area contributed by atoms with Crippen molar-refractivity contribution in [2.45, 2.75) is 34.0 Å². The minimum absolute atomic E-state index is 0.0792. The summed E-state index contributed by atoms with van der Waals surface area (Å²) in [6.07, 6.45) is 3.11. The number of benzene rings is 1. The predicted octanol–water partition coefficient (Wildman–Crippen LogP) is 3.34. The molecule has 0 atom stereocenters. The molecule has 0 aliphatic heterocycles. The van der Waals surface area contributed by atoms with Gasteiger partial charge in [0.15, 0.2) is 18.1 Å². The van der Waals surface area contributed by atoms with Crippen molar-refractivity contribution in [1.29, 1.82) is 0 Å². The number of carbonyl (C=O) groups is 2. The van der Waals surface area contributed by atoms with E-state index in [1.165, 1.54) is 35.1 Å². The molecule has 0 spiro atoms. The van der Waals surface area contributed by atoms with Gasteiger partial charge in [-0.3, -0.25) is 24.4 Å². The highest BCUT2D eigenvalue weighted by molar-refractivity contribution is 6.32. The lowest BCUT2D eigenvalue weighted by atomic mass is 10.2. The van der Waals surface area contributed by atoms with Crippen molar-refractivity contribution < 1.29 is 19.2 Å². The fraction of sp³-hybridized carbons (Fsp3) is 0.333. The summed E-state index contributed by atoms with van der Waals surface area (Å²) in [7, 11) is 0. The van der Waals surface area contributed by atoms with E-state index in [-0.39, 0.29) is 52.1 Å². The van der Waals surface area contributed by atoms with Gasteiger partial charge >= 0.3 is 0 Å². The lowest BCUT2D eigenvalue weighted by Gasteiger charge is -2.08. The number of hydrogen-bond donors (Lipinski definition) is 2. The molecule has 0 bridgehead atoms. The number of nitrogens with one attached hydrogen (secondary N) is 2. The zero-order valence-corrected chi connectivity index (χ0v) is 19.6. The second-order valence-electron chi connectivity index (χ2n) is 7.69. The highest BCUT2D eigenvalue weighted by Crippen LogP contribution is 2.28. The Kier molecular flexibility index (Phi) is 7.84. The van der Waals surface area contributed by atoms with Crippen LogP contribution in [0.5, 0.6) is 5.75 Å². The van der Waals surface area contributed by atoms with Gasteiger partial charge in [-0.05, 0) is 25.0 Å². The maximum atomic E-state index is 12.7. The van der Waals surface area contributed by atoms with Crippen molar-refractivity contribution in [1.82, 2.24) is 24.9 Å². The van der Waals surface area contributed by atoms with Crippen LogP contribution in [0.2, 0.25) is 5.02 Å². The van der Waals surface area contributed by atoms with Crippen LogP contribution in [-0.2, 0) is 13.3 Å². The third-order valence-corrected chi connectivity index (χ3v) is 4.87. The molecule has 2 heterocycles. The molecule has 0 unspecified atom stereocenters. The predicted molar refractivity (Wildman–Crippen MR) is 124 cm³/mol. The highest BCUT2D eigenvalue weighted by atomic mass is 35.5. The van der Waals surface area contributed by atoms with E-state index in [9.17, 15) is 19.7 Å².